The quantitative estimate of drug-likeness (QED) is 0.412. The molecule has 0 atom stereocenters. The lowest BCUT2D eigenvalue weighted by atomic mass is 10.2. The fraction of sp³-hybridized carbons (Fsp3) is 0.440. The zero-order valence-electron chi connectivity index (χ0n) is 19.0. The van der Waals surface area contributed by atoms with Gasteiger partial charge < -0.3 is 4.23 Å². The number of fused-ring (bicyclic) bond motifs is 1. The summed E-state index contributed by atoms with van der Waals surface area (Å²) in [7, 11) is -3.57. The van der Waals surface area contributed by atoms with Gasteiger partial charge in [-0.05, 0) is 39.5 Å². The van der Waals surface area contributed by atoms with Crippen LogP contribution in [0.1, 0.15) is 41.5 Å². The fourth-order valence-electron chi connectivity index (χ4n) is 5.84. The number of hydrogen-bond acceptors (Lipinski definition) is 0. The zero-order chi connectivity index (χ0) is 20.7. The average molecular weight is 408 g/mol. The highest BCUT2D eigenvalue weighted by molar-refractivity contribution is 7.02. The summed E-state index contributed by atoms with van der Waals surface area (Å²) in [4.78, 5) is 0. The van der Waals surface area contributed by atoms with Crippen LogP contribution >= 0.6 is 0 Å². The molecule has 1 aromatic heterocycles. The molecule has 2 aromatic carbocycles. The molecule has 150 valence electrons. The summed E-state index contributed by atoms with van der Waals surface area (Å²) in [5.74, 6) is 0. The van der Waals surface area contributed by atoms with Gasteiger partial charge in [0.1, 0.15) is 8.07 Å². The molecule has 0 aliphatic carbocycles. The third kappa shape index (κ3) is 3.13. The third-order valence-electron chi connectivity index (χ3n) is 7.07. The largest absolute Gasteiger partial charge is 0.373 e. The summed E-state index contributed by atoms with van der Waals surface area (Å²) in [5.41, 5.74) is 3.53. The molecule has 1 heterocycles. The highest BCUT2D eigenvalue weighted by atomic mass is 28.3. The number of nitrogens with zero attached hydrogens (tertiary/aromatic N) is 1. The van der Waals surface area contributed by atoms with Crippen molar-refractivity contribution in [1.82, 2.24) is 4.23 Å². The Bertz CT molecular complexity index is 914. The van der Waals surface area contributed by atoms with E-state index in [0.717, 1.165) is 0 Å². The van der Waals surface area contributed by atoms with Crippen molar-refractivity contribution in [2.75, 3.05) is 0 Å². The van der Waals surface area contributed by atoms with Gasteiger partial charge in [0.15, 0.2) is 8.24 Å². The topological polar surface area (TPSA) is 4.93 Å². The minimum atomic E-state index is -1.79. The second-order valence-electron chi connectivity index (χ2n) is 9.77. The van der Waals surface area contributed by atoms with E-state index in [4.69, 9.17) is 0 Å². The van der Waals surface area contributed by atoms with E-state index in [-0.39, 0.29) is 0 Å². The van der Waals surface area contributed by atoms with Gasteiger partial charge in [0.25, 0.3) is 0 Å². The lowest BCUT2D eigenvalue weighted by Crippen LogP contribution is -2.54. The number of benzene rings is 2. The molecule has 0 aliphatic rings. The molecule has 0 amide bonds. The van der Waals surface area contributed by atoms with Gasteiger partial charge in [0.2, 0.25) is 0 Å². The van der Waals surface area contributed by atoms with Crippen LogP contribution in [0, 0.1) is 0 Å². The molecule has 0 unspecified atom stereocenters. The lowest BCUT2D eigenvalue weighted by Gasteiger charge is -2.44. The molecule has 0 spiro atoms. The van der Waals surface area contributed by atoms with Crippen LogP contribution in [0.4, 0.5) is 0 Å². The number of para-hydroxylation sites is 1. The molecule has 1 nitrogen and oxygen atoms in total. The summed E-state index contributed by atoms with van der Waals surface area (Å²) in [5, 5.41) is 4.58. The lowest BCUT2D eigenvalue weighted by molar-refractivity contribution is 0.773. The van der Waals surface area contributed by atoms with E-state index in [1.165, 1.54) is 16.1 Å². The molecule has 0 N–H and O–H groups in total. The Labute approximate surface area is 173 Å². The van der Waals surface area contributed by atoms with Crippen LogP contribution in [0.3, 0.4) is 0 Å². The minimum Gasteiger partial charge on any atom is -0.373 e. The Morgan fingerprint density at radius 1 is 0.679 bits per heavy atom. The second-order valence-corrected chi connectivity index (χ2v) is 19.9. The van der Waals surface area contributed by atoms with E-state index < -0.39 is 16.3 Å². The molecule has 28 heavy (non-hydrogen) atoms. The van der Waals surface area contributed by atoms with Crippen molar-refractivity contribution in [2.45, 2.75) is 71.3 Å². The van der Waals surface area contributed by atoms with E-state index in [0.29, 0.717) is 16.6 Å². The van der Waals surface area contributed by atoms with Gasteiger partial charge in [-0.1, -0.05) is 108 Å². The molecule has 0 saturated carbocycles. The Kier molecular flexibility index (Phi) is 5.80. The maximum Gasteiger partial charge on any atom is 0.169 e. The van der Waals surface area contributed by atoms with E-state index >= 15 is 0 Å². The number of aromatic nitrogens is 1. The summed E-state index contributed by atoms with van der Waals surface area (Å²) in [6.07, 6.45) is 2.59. The van der Waals surface area contributed by atoms with Crippen molar-refractivity contribution >= 4 is 37.6 Å². The van der Waals surface area contributed by atoms with Crippen molar-refractivity contribution in [3.8, 4) is 0 Å². The number of rotatable bonds is 6. The van der Waals surface area contributed by atoms with E-state index in [2.05, 4.69) is 120 Å². The average Bonchev–Trinajstić information content (AvgIpc) is 3.03. The zero-order valence-corrected chi connectivity index (χ0v) is 21.0. The maximum absolute atomic E-state index is 2.80. The molecule has 3 heteroatoms. The Morgan fingerprint density at radius 2 is 1.18 bits per heavy atom. The normalized spacial score (nSPS) is 13.2. The summed E-state index contributed by atoms with van der Waals surface area (Å²) in [6.45, 7) is 19.8. The minimum absolute atomic E-state index is 0.692. The first-order valence-electron chi connectivity index (χ1n) is 10.8. The standard InChI is InChI=1S/C25H37NSi2/c1-19(2)28(20(3)4,21(5)6)26-18-25(23-16-12-13-17-24(23)26)27(7,8)22-14-10-9-11-15-22/h9-21H,1-8H3. The summed E-state index contributed by atoms with van der Waals surface area (Å²) in [6, 6.07) is 20.3. The SMILES string of the molecule is CC(C)[Si](C(C)C)(C(C)C)n1cc([Si](C)(C)c2ccccc2)c2ccccc21. The van der Waals surface area contributed by atoms with Crippen LogP contribution in [0.25, 0.3) is 10.9 Å². The second kappa shape index (κ2) is 7.68. The molecule has 0 bridgehead atoms. The predicted molar refractivity (Wildman–Crippen MR) is 132 cm³/mol. The van der Waals surface area contributed by atoms with Gasteiger partial charge in [-0.15, -0.1) is 0 Å². The molecule has 0 radical (unpaired) electrons. The van der Waals surface area contributed by atoms with Crippen molar-refractivity contribution in [1.29, 1.82) is 0 Å². The Morgan fingerprint density at radius 3 is 1.71 bits per heavy atom. The Balaban J connectivity index is 2.36. The van der Waals surface area contributed by atoms with Crippen LogP contribution in [0.15, 0.2) is 60.8 Å². The van der Waals surface area contributed by atoms with Crippen LogP contribution in [-0.4, -0.2) is 20.5 Å². The van der Waals surface area contributed by atoms with Crippen molar-refractivity contribution in [3.63, 3.8) is 0 Å². The van der Waals surface area contributed by atoms with Crippen LogP contribution in [0.2, 0.25) is 29.7 Å². The number of hydrogen-bond donors (Lipinski definition) is 0. The van der Waals surface area contributed by atoms with Gasteiger partial charge in [-0.25, -0.2) is 0 Å². The van der Waals surface area contributed by atoms with Gasteiger partial charge in [0.05, 0.1) is 0 Å². The summed E-state index contributed by atoms with van der Waals surface area (Å²) >= 11 is 0. The first-order valence-corrected chi connectivity index (χ1v) is 16.0. The fourth-order valence-corrected chi connectivity index (χ4v) is 15.3. The highest BCUT2D eigenvalue weighted by Crippen LogP contribution is 2.44. The molecule has 3 aromatic rings. The first kappa shape index (κ1) is 21.1. The van der Waals surface area contributed by atoms with Crippen LogP contribution in [0.5, 0.6) is 0 Å². The highest BCUT2D eigenvalue weighted by Gasteiger charge is 2.46. The van der Waals surface area contributed by atoms with E-state index in [9.17, 15) is 0 Å². The van der Waals surface area contributed by atoms with Crippen molar-refractivity contribution in [2.24, 2.45) is 0 Å². The van der Waals surface area contributed by atoms with Crippen molar-refractivity contribution < 1.29 is 0 Å². The predicted octanol–water partition coefficient (Wildman–Crippen LogP) is 6.49. The molecule has 0 fully saturated rings. The van der Waals surface area contributed by atoms with Gasteiger partial charge >= 0.3 is 0 Å². The van der Waals surface area contributed by atoms with Crippen molar-refractivity contribution in [3.05, 3.63) is 60.8 Å². The molecular formula is C25H37NSi2. The summed E-state index contributed by atoms with van der Waals surface area (Å²) < 4.78 is 2.80. The Hall–Kier alpha value is -1.59. The first-order chi connectivity index (χ1) is 13.1. The van der Waals surface area contributed by atoms with Crippen LogP contribution in [-0.2, 0) is 0 Å². The molecule has 0 aliphatic heterocycles. The van der Waals surface area contributed by atoms with E-state index in [1.54, 1.807) is 5.19 Å². The monoisotopic (exact) mass is 407 g/mol. The maximum atomic E-state index is 2.80. The molecular weight excluding hydrogens is 370 g/mol. The van der Waals surface area contributed by atoms with E-state index in [1.807, 2.05) is 0 Å². The van der Waals surface area contributed by atoms with Gasteiger partial charge in [-0.2, -0.15) is 0 Å². The van der Waals surface area contributed by atoms with Gasteiger partial charge in [-0.3, -0.25) is 0 Å². The van der Waals surface area contributed by atoms with Gasteiger partial charge in [0, 0.05) is 5.52 Å². The third-order valence-corrected chi connectivity index (χ3v) is 17.3. The van der Waals surface area contributed by atoms with Crippen LogP contribution < -0.4 is 10.4 Å². The molecule has 3 rings (SSSR count). The molecule has 0 saturated heterocycles. The smallest absolute Gasteiger partial charge is 0.169 e.